The van der Waals surface area contributed by atoms with E-state index < -0.39 is 6.29 Å². The first-order valence-electron chi connectivity index (χ1n) is 4.69. The normalized spacial score (nSPS) is 29.5. The van der Waals surface area contributed by atoms with Crippen molar-refractivity contribution in [3.05, 3.63) is 12.2 Å². The number of ether oxygens (including phenoxy) is 3. The quantitative estimate of drug-likeness (QED) is 0.394. The maximum Gasteiger partial charge on any atom is 0.303 e. The minimum Gasteiger partial charge on any atom is -0.456 e. The highest BCUT2D eigenvalue weighted by molar-refractivity contribution is 5.66. The molecule has 1 aliphatic rings. The standard InChI is InChI=1S/C11H14O4/c1-4-7-13-11-6-5-10(8(2)14-11)15-9(3)12/h1,5-6,8,10-11H,7H2,2-3H3/t8-,10+,11-/m0/s1. The molecule has 0 unspecified atom stereocenters. The molecule has 0 aromatic heterocycles. The highest BCUT2D eigenvalue weighted by Gasteiger charge is 2.25. The molecule has 1 aliphatic heterocycles. The van der Waals surface area contributed by atoms with Gasteiger partial charge in [-0.2, -0.15) is 0 Å². The smallest absolute Gasteiger partial charge is 0.303 e. The topological polar surface area (TPSA) is 44.8 Å². The molecular weight excluding hydrogens is 196 g/mol. The summed E-state index contributed by atoms with van der Waals surface area (Å²) in [6.07, 6.45) is 7.44. The van der Waals surface area contributed by atoms with Crippen molar-refractivity contribution in [2.24, 2.45) is 0 Å². The molecule has 82 valence electrons. The second-order valence-electron chi connectivity index (χ2n) is 3.18. The van der Waals surface area contributed by atoms with Crippen LogP contribution in [-0.4, -0.2) is 31.1 Å². The Balaban J connectivity index is 2.48. The van der Waals surface area contributed by atoms with Crippen molar-refractivity contribution in [2.45, 2.75) is 32.3 Å². The van der Waals surface area contributed by atoms with Crippen molar-refractivity contribution < 1.29 is 19.0 Å². The molecule has 0 aromatic carbocycles. The molecule has 3 atom stereocenters. The molecule has 0 aliphatic carbocycles. The van der Waals surface area contributed by atoms with E-state index >= 15 is 0 Å². The number of esters is 1. The maximum atomic E-state index is 10.7. The Kier molecular flexibility index (Phi) is 4.35. The predicted octanol–water partition coefficient (Wildman–Crippen LogP) is 0.869. The van der Waals surface area contributed by atoms with Gasteiger partial charge in [0.1, 0.15) is 12.7 Å². The Bertz CT molecular complexity index is 289. The van der Waals surface area contributed by atoms with Crippen LogP contribution in [0.15, 0.2) is 12.2 Å². The summed E-state index contributed by atoms with van der Waals surface area (Å²) in [6.45, 7) is 3.37. The largest absolute Gasteiger partial charge is 0.456 e. The molecule has 1 rings (SSSR count). The highest BCUT2D eigenvalue weighted by Crippen LogP contribution is 2.16. The van der Waals surface area contributed by atoms with Gasteiger partial charge in [0.2, 0.25) is 0 Å². The molecule has 0 aromatic rings. The molecule has 0 bridgehead atoms. The van der Waals surface area contributed by atoms with Crippen molar-refractivity contribution in [3.63, 3.8) is 0 Å². The van der Waals surface area contributed by atoms with Gasteiger partial charge in [-0.25, -0.2) is 0 Å². The second kappa shape index (κ2) is 5.54. The lowest BCUT2D eigenvalue weighted by atomic mass is 10.1. The molecule has 0 radical (unpaired) electrons. The number of carbonyl (C=O) groups is 1. The van der Waals surface area contributed by atoms with Crippen LogP contribution in [0, 0.1) is 12.3 Å². The minimum absolute atomic E-state index is 0.194. The Labute approximate surface area is 89.2 Å². The molecule has 4 nitrogen and oxygen atoms in total. The fourth-order valence-electron chi connectivity index (χ4n) is 1.24. The van der Waals surface area contributed by atoms with Crippen molar-refractivity contribution >= 4 is 5.97 Å². The van der Waals surface area contributed by atoms with E-state index in [1.54, 1.807) is 12.2 Å². The fraction of sp³-hybridized carbons (Fsp3) is 0.545. The molecule has 0 saturated heterocycles. The third kappa shape index (κ3) is 3.74. The summed E-state index contributed by atoms with van der Waals surface area (Å²) in [5, 5.41) is 0. The van der Waals surface area contributed by atoms with Gasteiger partial charge < -0.3 is 14.2 Å². The van der Waals surface area contributed by atoms with Crippen LogP contribution in [-0.2, 0) is 19.0 Å². The predicted molar refractivity (Wildman–Crippen MR) is 53.8 cm³/mol. The van der Waals surface area contributed by atoms with Crippen LogP contribution in [0.1, 0.15) is 13.8 Å². The van der Waals surface area contributed by atoms with Gasteiger partial charge >= 0.3 is 5.97 Å². The fourth-order valence-corrected chi connectivity index (χ4v) is 1.24. The molecule has 0 amide bonds. The van der Waals surface area contributed by atoms with E-state index in [-0.39, 0.29) is 24.8 Å². The van der Waals surface area contributed by atoms with Gasteiger partial charge in [-0.15, -0.1) is 6.42 Å². The molecule has 0 N–H and O–H groups in total. The van der Waals surface area contributed by atoms with Gasteiger partial charge in [-0.1, -0.05) is 5.92 Å². The summed E-state index contributed by atoms with van der Waals surface area (Å²) >= 11 is 0. The average Bonchev–Trinajstić information content (AvgIpc) is 2.18. The summed E-state index contributed by atoms with van der Waals surface area (Å²) in [7, 11) is 0. The van der Waals surface area contributed by atoms with E-state index in [1.807, 2.05) is 6.92 Å². The molecule has 0 saturated carbocycles. The van der Waals surface area contributed by atoms with Crippen molar-refractivity contribution in [2.75, 3.05) is 6.61 Å². The third-order valence-corrected chi connectivity index (χ3v) is 1.90. The lowest BCUT2D eigenvalue weighted by Crippen LogP contribution is -2.36. The molecule has 0 fully saturated rings. The van der Waals surface area contributed by atoms with E-state index in [0.717, 1.165) is 0 Å². The lowest BCUT2D eigenvalue weighted by Gasteiger charge is -2.28. The van der Waals surface area contributed by atoms with Crippen LogP contribution in [0.25, 0.3) is 0 Å². The van der Waals surface area contributed by atoms with Crippen molar-refractivity contribution in [1.29, 1.82) is 0 Å². The van der Waals surface area contributed by atoms with Gasteiger partial charge in [0.25, 0.3) is 0 Å². The number of carbonyl (C=O) groups excluding carboxylic acids is 1. The van der Waals surface area contributed by atoms with Crippen molar-refractivity contribution in [1.82, 2.24) is 0 Å². The number of rotatable bonds is 3. The van der Waals surface area contributed by atoms with E-state index in [2.05, 4.69) is 5.92 Å². The van der Waals surface area contributed by atoms with Crippen LogP contribution in [0.3, 0.4) is 0 Å². The van der Waals surface area contributed by atoms with Gasteiger partial charge in [-0.05, 0) is 19.1 Å². The van der Waals surface area contributed by atoms with Gasteiger partial charge in [-0.3, -0.25) is 4.79 Å². The zero-order valence-corrected chi connectivity index (χ0v) is 8.80. The second-order valence-corrected chi connectivity index (χ2v) is 3.18. The van der Waals surface area contributed by atoms with Gasteiger partial charge in [0.15, 0.2) is 6.29 Å². The first kappa shape index (κ1) is 11.8. The molecule has 15 heavy (non-hydrogen) atoms. The highest BCUT2D eigenvalue weighted by atomic mass is 16.7. The SMILES string of the molecule is C#CCO[C@@H]1C=C[C@@H](OC(C)=O)[C@H](C)O1. The minimum atomic E-state index is -0.456. The Morgan fingerprint density at radius 2 is 2.33 bits per heavy atom. The van der Waals surface area contributed by atoms with Gasteiger partial charge in [0, 0.05) is 6.92 Å². The first-order chi connectivity index (χ1) is 7.13. The van der Waals surface area contributed by atoms with Crippen LogP contribution < -0.4 is 0 Å². The number of terminal acetylenes is 1. The van der Waals surface area contributed by atoms with E-state index in [1.165, 1.54) is 6.92 Å². The van der Waals surface area contributed by atoms with Crippen molar-refractivity contribution in [3.8, 4) is 12.3 Å². The van der Waals surface area contributed by atoms with E-state index in [0.29, 0.717) is 0 Å². The van der Waals surface area contributed by atoms with E-state index in [4.69, 9.17) is 20.6 Å². The first-order valence-corrected chi connectivity index (χ1v) is 4.69. The van der Waals surface area contributed by atoms with Crippen LogP contribution >= 0.6 is 0 Å². The Hall–Kier alpha value is -1.31. The number of hydrogen-bond acceptors (Lipinski definition) is 4. The average molecular weight is 210 g/mol. The Morgan fingerprint density at radius 1 is 1.60 bits per heavy atom. The summed E-state index contributed by atoms with van der Waals surface area (Å²) in [5.74, 6) is 2.02. The summed E-state index contributed by atoms with van der Waals surface area (Å²) in [5.41, 5.74) is 0. The van der Waals surface area contributed by atoms with Crippen LogP contribution in [0.4, 0.5) is 0 Å². The van der Waals surface area contributed by atoms with Crippen LogP contribution in [0.2, 0.25) is 0 Å². The number of hydrogen-bond donors (Lipinski definition) is 0. The third-order valence-electron chi connectivity index (χ3n) is 1.90. The van der Waals surface area contributed by atoms with E-state index in [9.17, 15) is 4.79 Å². The zero-order valence-electron chi connectivity index (χ0n) is 8.80. The monoisotopic (exact) mass is 210 g/mol. The summed E-state index contributed by atoms with van der Waals surface area (Å²) in [6, 6.07) is 0. The molecule has 4 heteroatoms. The molecule has 0 spiro atoms. The van der Waals surface area contributed by atoms with Gasteiger partial charge in [0.05, 0.1) is 6.10 Å². The zero-order chi connectivity index (χ0) is 11.3. The lowest BCUT2D eigenvalue weighted by molar-refractivity contribution is -0.177. The van der Waals surface area contributed by atoms with Crippen LogP contribution in [0.5, 0.6) is 0 Å². The Morgan fingerprint density at radius 3 is 2.87 bits per heavy atom. The molecular formula is C11H14O4. The summed E-state index contributed by atoms with van der Waals surface area (Å²) < 4.78 is 15.6. The summed E-state index contributed by atoms with van der Waals surface area (Å²) in [4.78, 5) is 10.7. The maximum absolute atomic E-state index is 10.7. The molecule has 1 heterocycles.